The van der Waals surface area contributed by atoms with Crippen LogP contribution in [-0.4, -0.2) is 42.8 Å². The predicted molar refractivity (Wildman–Crippen MR) is 64.6 cm³/mol. The minimum absolute atomic E-state index is 0.0762. The number of hydrogen-bond acceptors (Lipinski definition) is 3. The molecule has 0 radical (unpaired) electrons. The second-order valence-electron chi connectivity index (χ2n) is 4.39. The highest BCUT2D eigenvalue weighted by Crippen LogP contribution is 2.22. The smallest absolute Gasteiger partial charge is 0.214 e. The highest BCUT2D eigenvalue weighted by atomic mass is 32.2. The van der Waals surface area contributed by atoms with Crippen LogP contribution in [0.3, 0.4) is 0 Å². The van der Waals surface area contributed by atoms with Crippen LogP contribution in [0.4, 0.5) is 0 Å². The SMILES string of the molecule is C=CCCS(=O)(=O)N1CCCC(C(C)O)C1. The number of allylic oxidation sites excluding steroid dienone is 1. The van der Waals surface area contributed by atoms with Crippen molar-refractivity contribution >= 4 is 10.0 Å². The van der Waals surface area contributed by atoms with E-state index in [-0.39, 0.29) is 11.7 Å². The third kappa shape index (κ3) is 3.57. The lowest BCUT2D eigenvalue weighted by Gasteiger charge is -2.33. The van der Waals surface area contributed by atoms with Crippen molar-refractivity contribution in [2.75, 3.05) is 18.8 Å². The summed E-state index contributed by atoms with van der Waals surface area (Å²) >= 11 is 0. The monoisotopic (exact) mass is 247 g/mol. The Hall–Kier alpha value is -0.390. The Kier molecular flexibility index (Phi) is 4.95. The Balaban J connectivity index is 2.62. The standard InChI is InChI=1S/C11H21NO3S/c1-3-4-8-16(14,15)12-7-5-6-11(9-12)10(2)13/h3,10-11,13H,1,4-9H2,2H3. The molecule has 0 aliphatic carbocycles. The van der Waals surface area contributed by atoms with Crippen molar-refractivity contribution in [3.05, 3.63) is 12.7 Å². The van der Waals surface area contributed by atoms with Crippen molar-refractivity contribution in [2.24, 2.45) is 5.92 Å². The zero-order valence-electron chi connectivity index (χ0n) is 9.80. The largest absolute Gasteiger partial charge is 0.393 e. The van der Waals surface area contributed by atoms with E-state index in [0.29, 0.717) is 19.5 Å². The lowest BCUT2D eigenvalue weighted by Crippen LogP contribution is -2.43. The first-order valence-corrected chi connectivity index (χ1v) is 7.35. The van der Waals surface area contributed by atoms with Crippen LogP contribution in [0, 0.1) is 5.92 Å². The Morgan fingerprint density at radius 3 is 2.88 bits per heavy atom. The molecule has 0 aromatic carbocycles. The topological polar surface area (TPSA) is 57.6 Å². The molecule has 0 amide bonds. The average molecular weight is 247 g/mol. The van der Waals surface area contributed by atoms with Crippen molar-refractivity contribution in [2.45, 2.75) is 32.3 Å². The number of rotatable bonds is 5. The lowest BCUT2D eigenvalue weighted by atomic mass is 9.95. The van der Waals surface area contributed by atoms with Gasteiger partial charge in [0.1, 0.15) is 0 Å². The Labute approximate surface area is 98.0 Å². The molecule has 0 aromatic heterocycles. The van der Waals surface area contributed by atoms with Gasteiger partial charge in [0.05, 0.1) is 11.9 Å². The molecule has 1 aliphatic rings. The van der Waals surface area contributed by atoms with Crippen LogP contribution in [0.2, 0.25) is 0 Å². The summed E-state index contributed by atoms with van der Waals surface area (Å²) in [5.41, 5.74) is 0. The van der Waals surface area contributed by atoms with Gasteiger partial charge in [-0.1, -0.05) is 6.08 Å². The highest BCUT2D eigenvalue weighted by molar-refractivity contribution is 7.89. The van der Waals surface area contributed by atoms with Crippen molar-refractivity contribution < 1.29 is 13.5 Å². The maximum absolute atomic E-state index is 11.9. The Morgan fingerprint density at radius 1 is 1.62 bits per heavy atom. The summed E-state index contributed by atoms with van der Waals surface area (Å²) in [7, 11) is -3.16. The summed E-state index contributed by atoms with van der Waals surface area (Å²) in [6.45, 7) is 6.30. The molecule has 1 aliphatic heterocycles. The summed E-state index contributed by atoms with van der Waals surface area (Å²) in [6.07, 6.45) is 3.41. The van der Waals surface area contributed by atoms with Gasteiger partial charge in [0.15, 0.2) is 0 Å². The van der Waals surface area contributed by atoms with Gasteiger partial charge >= 0.3 is 0 Å². The minimum Gasteiger partial charge on any atom is -0.393 e. The molecule has 1 rings (SSSR count). The van der Waals surface area contributed by atoms with Gasteiger partial charge in [-0.2, -0.15) is 0 Å². The molecule has 0 spiro atoms. The fourth-order valence-corrected chi connectivity index (χ4v) is 3.53. The van der Waals surface area contributed by atoms with Crippen LogP contribution >= 0.6 is 0 Å². The van der Waals surface area contributed by atoms with E-state index in [1.54, 1.807) is 13.0 Å². The molecule has 0 saturated carbocycles. The normalized spacial score (nSPS) is 25.2. The summed E-state index contributed by atoms with van der Waals surface area (Å²) in [4.78, 5) is 0. The minimum atomic E-state index is -3.16. The van der Waals surface area contributed by atoms with E-state index in [4.69, 9.17) is 0 Å². The number of aliphatic hydroxyl groups is 1. The summed E-state index contributed by atoms with van der Waals surface area (Å²) < 4.78 is 25.3. The number of sulfonamides is 1. The van der Waals surface area contributed by atoms with Crippen LogP contribution < -0.4 is 0 Å². The fourth-order valence-electron chi connectivity index (χ4n) is 1.98. The molecule has 1 saturated heterocycles. The van der Waals surface area contributed by atoms with Gasteiger partial charge in [0.2, 0.25) is 10.0 Å². The first-order chi connectivity index (χ1) is 7.47. The maximum atomic E-state index is 11.9. The van der Waals surface area contributed by atoms with Gasteiger partial charge in [0, 0.05) is 13.1 Å². The van der Waals surface area contributed by atoms with E-state index in [2.05, 4.69) is 6.58 Å². The predicted octanol–water partition coefficient (Wildman–Crippen LogP) is 0.985. The lowest BCUT2D eigenvalue weighted by molar-refractivity contribution is 0.0885. The van der Waals surface area contributed by atoms with E-state index in [1.807, 2.05) is 0 Å². The third-order valence-corrected chi connectivity index (χ3v) is 4.95. The molecule has 94 valence electrons. The van der Waals surface area contributed by atoms with E-state index in [0.717, 1.165) is 12.8 Å². The molecule has 1 fully saturated rings. The molecular weight excluding hydrogens is 226 g/mol. The van der Waals surface area contributed by atoms with Crippen molar-refractivity contribution in [3.8, 4) is 0 Å². The van der Waals surface area contributed by atoms with E-state index in [1.165, 1.54) is 4.31 Å². The molecule has 4 nitrogen and oxygen atoms in total. The molecule has 5 heteroatoms. The third-order valence-electron chi connectivity index (χ3n) is 3.08. The van der Waals surface area contributed by atoms with Crippen LogP contribution in [0.25, 0.3) is 0 Å². The molecule has 0 aromatic rings. The maximum Gasteiger partial charge on any atom is 0.214 e. The summed E-state index contributed by atoms with van der Waals surface area (Å²) in [6, 6.07) is 0. The Morgan fingerprint density at radius 2 is 2.31 bits per heavy atom. The van der Waals surface area contributed by atoms with Crippen LogP contribution in [0.5, 0.6) is 0 Å². The number of nitrogens with zero attached hydrogens (tertiary/aromatic N) is 1. The Bertz CT molecular complexity index is 324. The molecular formula is C11H21NO3S. The molecule has 1 N–H and O–H groups in total. The number of aliphatic hydroxyl groups excluding tert-OH is 1. The van der Waals surface area contributed by atoms with Crippen molar-refractivity contribution in [1.82, 2.24) is 4.31 Å². The van der Waals surface area contributed by atoms with Crippen molar-refractivity contribution in [3.63, 3.8) is 0 Å². The van der Waals surface area contributed by atoms with Crippen LogP contribution in [-0.2, 0) is 10.0 Å². The van der Waals surface area contributed by atoms with E-state index < -0.39 is 16.1 Å². The molecule has 16 heavy (non-hydrogen) atoms. The first-order valence-electron chi connectivity index (χ1n) is 5.74. The molecule has 1 heterocycles. The van der Waals surface area contributed by atoms with Crippen molar-refractivity contribution in [1.29, 1.82) is 0 Å². The molecule has 0 bridgehead atoms. The summed E-state index contributed by atoms with van der Waals surface area (Å²) in [5, 5.41) is 9.50. The molecule has 2 unspecified atom stereocenters. The fraction of sp³-hybridized carbons (Fsp3) is 0.818. The van der Waals surface area contributed by atoms with Gasteiger partial charge in [-0.05, 0) is 32.1 Å². The summed E-state index contributed by atoms with van der Waals surface area (Å²) in [5.74, 6) is 0.204. The highest BCUT2D eigenvalue weighted by Gasteiger charge is 2.30. The zero-order chi connectivity index (χ0) is 12.2. The average Bonchev–Trinajstić information content (AvgIpc) is 2.26. The quantitative estimate of drug-likeness (QED) is 0.737. The van der Waals surface area contributed by atoms with Gasteiger partial charge in [-0.25, -0.2) is 12.7 Å². The second-order valence-corrected chi connectivity index (χ2v) is 6.48. The number of hydrogen-bond donors (Lipinski definition) is 1. The van der Waals surface area contributed by atoms with Crippen LogP contribution in [0.1, 0.15) is 26.2 Å². The van der Waals surface area contributed by atoms with Gasteiger partial charge in [-0.3, -0.25) is 0 Å². The van der Waals surface area contributed by atoms with E-state index in [9.17, 15) is 13.5 Å². The van der Waals surface area contributed by atoms with Gasteiger partial charge < -0.3 is 5.11 Å². The first kappa shape index (κ1) is 13.7. The zero-order valence-corrected chi connectivity index (χ0v) is 10.6. The van der Waals surface area contributed by atoms with Gasteiger partial charge in [-0.15, -0.1) is 6.58 Å². The van der Waals surface area contributed by atoms with Crippen LogP contribution in [0.15, 0.2) is 12.7 Å². The number of piperidine rings is 1. The van der Waals surface area contributed by atoms with E-state index >= 15 is 0 Å². The van der Waals surface area contributed by atoms with Gasteiger partial charge in [0.25, 0.3) is 0 Å². The second kappa shape index (κ2) is 5.80. The molecule has 2 atom stereocenters.